The first-order valence-electron chi connectivity index (χ1n) is 7.02. The monoisotopic (exact) mass is 277 g/mol. The summed E-state index contributed by atoms with van der Waals surface area (Å²) in [6.45, 7) is 0.291. The van der Waals surface area contributed by atoms with Gasteiger partial charge in [-0.25, -0.2) is 0 Å². The molecular formula is C15H19NO4. The topological polar surface area (TPSA) is 70.0 Å². The molecule has 1 amide bonds. The normalized spacial score (nSPS) is 24.8. The maximum Gasteiger partial charge on any atom is 0.260 e. The molecule has 1 heterocycles. The molecule has 0 saturated carbocycles. The summed E-state index contributed by atoms with van der Waals surface area (Å²) in [4.78, 5) is 13.4. The Morgan fingerprint density at radius 3 is 2.65 bits per heavy atom. The first-order chi connectivity index (χ1) is 9.63. The molecule has 0 radical (unpaired) electrons. The first-order valence-corrected chi connectivity index (χ1v) is 7.02. The minimum atomic E-state index is -0.848. The highest BCUT2D eigenvalue weighted by Gasteiger charge is 2.32. The summed E-state index contributed by atoms with van der Waals surface area (Å²) < 4.78 is 5.52. The SMILES string of the molecule is O=C(COc1ccc2c(c1)CCC2)N1CC(O)C(O)C1. The van der Waals surface area contributed by atoms with E-state index in [9.17, 15) is 15.0 Å². The quantitative estimate of drug-likeness (QED) is 0.823. The number of aliphatic hydroxyl groups excluding tert-OH is 2. The van der Waals surface area contributed by atoms with Crippen LogP contribution < -0.4 is 4.74 Å². The zero-order valence-electron chi connectivity index (χ0n) is 11.3. The number of amides is 1. The molecule has 2 unspecified atom stereocenters. The number of likely N-dealkylation sites (tertiary alicyclic amines) is 1. The van der Waals surface area contributed by atoms with Crippen molar-refractivity contribution in [3.8, 4) is 5.75 Å². The predicted octanol–water partition coefficient (Wildman–Crippen LogP) is 0.118. The number of fused-ring (bicyclic) bond motifs is 1. The second-order valence-corrected chi connectivity index (χ2v) is 5.51. The van der Waals surface area contributed by atoms with Crippen LogP contribution in [0.4, 0.5) is 0 Å². The summed E-state index contributed by atoms with van der Waals surface area (Å²) in [6.07, 6.45) is 1.68. The Hall–Kier alpha value is -1.59. The average Bonchev–Trinajstić information content (AvgIpc) is 3.03. The molecule has 108 valence electrons. The third-order valence-electron chi connectivity index (χ3n) is 4.04. The number of nitrogens with zero attached hydrogens (tertiary/aromatic N) is 1. The van der Waals surface area contributed by atoms with Gasteiger partial charge in [-0.1, -0.05) is 6.07 Å². The number of carbonyl (C=O) groups excluding carboxylic acids is 1. The number of ether oxygens (including phenoxy) is 1. The number of aryl methyl sites for hydroxylation is 2. The third kappa shape index (κ3) is 2.64. The van der Waals surface area contributed by atoms with E-state index in [1.54, 1.807) is 0 Å². The van der Waals surface area contributed by atoms with Crippen molar-refractivity contribution in [2.45, 2.75) is 31.5 Å². The van der Waals surface area contributed by atoms with Gasteiger partial charge in [-0.2, -0.15) is 0 Å². The van der Waals surface area contributed by atoms with Crippen LogP contribution in [0.25, 0.3) is 0 Å². The van der Waals surface area contributed by atoms with Crippen molar-refractivity contribution in [1.82, 2.24) is 4.90 Å². The van der Waals surface area contributed by atoms with Gasteiger partial charge < -0.3 is 19.8 Å². The summed E-state index contributed by atoms with van der Waals surface area (Å²) in [5.41, 5.74) is 2.68. The van der Waals surface area contributed by atoms with Crippen LogP contribution in [-0.2, 0) is 17.6 Å². The van der Waals surface area contributed by atoms with E-state index in [4.69, 9.17) is 4.74 Å². The minimum absolute atomic E-state index is 0.0573. The lowest BCUT2D eigenvalue weighted by atomic mass is 10.1. The number of rotatable bonds is 3. The highest BCUT2D eigenvalue weighted by atomic mass is 16.5. The van der Waals surface area contributed by atoms with Gasteiger partial charge in [0.25, 0.3) is 5.91 Å². The van der Waals surface area contributed by atoms with Crippen LogP contribution in [-0.4, -0.2) is 52.9 Å². The van der Waals surface area contributed by atoms with Crippen molar-refractivity contribution >= 4 is 5.91 Å². The van der Waals surface area contributed by atoms with E-state index >= 15 is 0 Å². The van der Waals surface area contributed by atoms with Crippen LogP contribution >= 0.6 is 0 Å². The highest BCUT2D eigenvalue weighted by molar-refractivity contribution is 5.78. The van der Waals surface area contributed by atoms with Gasteiger partial charge in [-0.3, -0.25) is 4.79 Å². The van der Waals surface area contributed by atoms with Crippen LogP contribution in [0.3, 0.4) is 0 Å². The number of benzene rings is 1. The van der Waals surface area contributed by atoms with Gasteiger partial charge in [0.1, 0.15) is 5.75 Å². The zero-order chi connectivity index (χ0) is 14.1. The second kappa shape index (κ2) is 5.42. The van der Waals surface area contributed by atoms with Gasteiger partial charge >= 0.3 is 0 Å². The molecule has 0 spiro atoms. The number of hydrogen-bond donors (Lipinski definition) is 2. The van der Waals surface area contributed by atoms with Gasteiger partial charge in [0.15, 0.2) is 6.61 Å². The Kier molecular flexibility index (Phi) is 3.63. The Bertz CT molecular complexity index is 507. The molecule has 0 aromatic heterocycles. The molecule has 1 saturated heterocycles. The summed E-state index contributed by atoms with van der Waals surface area (Å²) in [6, 6.07) is 5.96. The standard InChI is InChI=1S/C15H19NO4/c17-13-7-16(8-14(13)18)15(19)9-20-12-5-4-10-2-1-3-11(10)6-12/h4-6,13-14,17-18H,1-3,7-9H2. The molecule has 1 aliphatic carbocycles. The Labute approximate surface area is 117 Å². The lowest BCUT2D eigenvalue weighted by Crippen LogP contribution is -2.33. The zero-order valence-corrected chi connectivity index (χ0v) is 11.3. The van der Waals surface area contributed by atoms with E-state index in [-0.39, 0.29) is 25.6 Å². The maximum atomic E-state index is 11.9. The van der Waals surface area contributed by atoms with Crippen molar-refractivity contribution in [3.63, 3.8) is 0 Å². The fourth-order valence-electron chi connectivity index (χ4n) is 2.85. The van der Waals surface area contributed by atoms with E-state index in [1.165, 1.54) is 22.4 Å². The summed E-state index contributed by atoms with van der Waals surface area (Å²) in [5, 5.41) is 18.8. The number of carbonyl (C=O) groups is 1. The molecule has 5 heteroatoms. The smallest absolute Gasteiger partial charge is 0.260 e. The first kappa shape index (κ1) is 13.4. The Morgan fingerprint density at radius 1 is 1.20 bits per heavy atom. The predicted molar refractivity (Wildman–Crippen MR) is 72.6 cm³/mol. The van der Waals surface area contributed by atoms with Crippen LogP contribution in [0.5, 0.6) is 5.75 Å². The maximum absolute atomic E-state index is 11.9. The molecule has 0 bridgehead atoms. The minimum Gasteiger partial charge on any atom is -0.484 e. The second-order valence-electron chi connectivity index (χ2n) is 5.51. The molecule has 2 atom stereocenters. The van der Waals surface area contributed by atoms with E-state index in [0.29, 0.717) is 5.75 Å². The number of hydrogen-bond acceptors (Lipinski definition) is 4. The summed E-state index contributed by atoms with van der Waals surface area (Å²) >= 11 is 0. The van der Waals surface area contributed by atoms with E-state index in [1.807, 2.05) is 12.1 Å². The van der Waals surface area contributed by atoms with Crippen molar-refractivity contribution < 1.29 is 19.7 Å². The lowest BCUT2D eigenvalue weighted by molar-refractivity contribution is -0.132. The molecule has 1 aliphatic heterocycles. The molecule has 3 rings (SSSR count). The van der Waals surface area contributed by atoms with E-state index < -0.39 is 12.2 Å². The van der Waals surface area contributed by atoms with Gasteiger partial charge in [0, 0.05) is 13.1 Å². The Morgan fingerprint density at radius 2 is 1.90 bits per heavy atom. The fourth-order valence-corrected chi connectivity index (χ4v) is 2.85. The van der Waals surface area contributed by atoms with Crippen LogP contribution in [0.15, 0.2) is 18.2 Å². The Balaban J connectivity index is 1.56. The van der Waals surface area contributed by atoms with E-state index in [2.05, 4.69) is 6.07 Å². The molecule has 2 N–H and O–H groups in total. The van der Waals surface area contributed by atoms with E-state index in [0.717, 1.165) is 12.8 Å². The molecule has 2 aliphatic rings. The fraction of sp³-hybridized carbons (Fsp3) is 0.533. The lowest BCUT2D eigenvalue weighted by Gasteiger charge is -2.16. The van der Waals surface area contributed by atoms with Crippen LogP contribution in [0.2, 0.25) is 0 Å². The summed E-state index contributed by atoms with van der Waals surface area (Å²) in [7, 11) is 0. The number of β-amino-alcohol motifs (C(OH)–C–C–N with tert-alkyl or cyclic N) is 2. The summed E-state index contributed by atoms with van der Waals surface area (Å²) in [5.74, 6) is 0.500. The van der Waals surface area contributed by atoms with Crippen molar-refractivity contribution in [3.05, 3.63) is 29.3 Å². The molecule has 1 aromatic carbocycles. The average molecular weight is 277 g/mol. The highest BCUT2D eigenvalue weighted by Crippen LogP contribution is 2.26. The van der Waals surface area contributed by atoms with Gasteiger partial charge in [-0.15, -0.1) is 0 Å². The third-order valence-corrected chi connectivity index (χ3v) is 4.04. The van der Waals surface area contributed by atoms with Crippen molar-refractivity contribution in [2.24, 2.45) is 0 Å². The molecule has 1 aromatic rings. The van der Waals surface area contributed by atoms with Crippen LogP contribution in [0.1, 0.15) is 17.5 Å². The van der Waals surface area contributed by atoms with Crippen molar-refractivity contribution in [2.75, 3.05) is 19.7 Å². The van der Waals surface area contributed by atoms with Crippen LogP contribution in [0, 0.1) is 0 Å². The molecule has 1 fully saturated rings. The molecular weight excluding hydrogens is 258 g/mol. The molecule has 20 heavy (non-hydrogen) atoms. The largest absolute Gasteiger partial charge is 0.484 e. The van der Waals surface area contributed by atoms with Gasteiger partial charge in [0.2, 0.25) is 0 Å². The van der Waals surface area contributed by atoms with Gasteiger partial charge in [0.05, 0.1) is 12.2 Å². The van der Waals surface area contributed by atoms with Crippen molar-refractivity contribution in [1.29, 1.82) is 0 Å². The number of aliphatic hydroxyl groups is 2. The van der Waals surface area contributed by atoms with Gasteiger partial charge in [-0.05, 0) is 42.5 Å². The molecule has 5 nitrogen and oxygen atoms in total.